The number of unbranched alkanes of at least 4 members (excludes halogenated alkanes) is 1. The molecular weight excluding hydrogens is 408 g/mol. The maximum absolute atomic E-state index is 13.3. The van der Waals surface area contributed by atoms with Gasteiger partial charge < -0.3 is 9.30 Å². The summed E-state index contributed by atoms with van der Waals surface area (Å²) in [6.07, 6.45) is 3.40. The van der Waals surface area contributed by atoms with Crippen LogP contribution in [0.4, 0.5) is 4.79 Å². The van der Waals surface area contributed by atoms with Crippen molar-refractivity contribution in [2.24, 2.45) is 0 Å². The molecule has 0 bridgehead atoms. The number of aromatic nitrogens is 5. The third kappa shape index (κ3) is 3.99. The summed E-state index contributed by atoms with van der Waals surface area (Å²) in [5, 5.41) is 8.93. The van der Waals surface area contributed by atoms with Crippen LogP contribution in [-0.4, -0.2) is 35.4 Å². The number of carbonyl (C=O) groups excluding carboxylic acids is 1. The van der Waals surface area contributed by atoms with E-state index in [0.29, 0.717) is 36.2 Å². The van der Waals surface area contributed by atoms with Crippen molar-refractivity contribution >= 4 is 28.2 Å². The van der Waals surface area contributed by atoms with Crippen LogP contribution in [0, 0.1) is 11.3 Å². The number of imidazole rings is 2. The molecule has 9 heteroatoms. The monoisotopic (exact) mass is 432 g/mol. The number of nitrogens with zero attached hydrogens (tertiary/aromatic N) is 6. The number of nitriles is 1. The molecule has 0 unspecified atom stereocenters. The van der Waals surface area contributed by atoms with Gasteiger partial charge in [0.25, 0.3) is 0 Å². The number of hydrogen-bond acceptors (Lipinski definition) is 6. The Morgan fingerprint density at radius 3 is 2.66 bits per heavy atom. The van der Waals surface area contributed by atoms with Crippen molar-refractivity contribution in [3.8, 4) is 6.07 Å². The lowest BCUT2D eigenvalue weighted by atomic mass is 10.2. The summed E-state index contributed by atoms with van der Waals surface area (Å²) in [5.41, 5.74) is 1.42. The van der Waals surface area contributed by atoms with Gasteiger partial charge in [0.05, 0.1) is 40.9 Å². The molecule has 1 aromatic carbocycles. The van der Waals surface area contributed by atoms with Gasteiger partial charge >= 0.3 is 11.8 Å². The fraction of sp³-hybridized carbons (Fsp3) is 0.348. The molecule has 164 valence electrons. The highest BCUT2D eigenvalue weighted by molar-refractivity contribution is 5.86. The van der Waals surface area contributed by atoms with Gasteiger partial charge in [-0.15, -0.1) is 0 Å². The fourth-order valence-electron chi connectivity index (χ4n) is 3.70. The Kier molecular flexibility index (Phi) is 5.53. The van der Waals surface area contributed by atoms with Crippen molar-refractivity contribution in [3.63, 3.8) is 0 Å². The molecule has 4 aromatic rings. The average molecular weight is 432 g/mol. The lowest BCUT2D eigenvalue weighted by Gasteiger charge is -2.19. The molecule has 32 heavy (non-hydrogen) atoms. The van der Waals surface area contributed by atoms with Crippen molar-refractivity contribution in [2.75, 3.05) is 0 Å². The molecule has 3 aromatic heterocycles. The minimum Gasteiger partial charge on any atom is -0.443 e. The van der Waals surface area contributed by atoms with E-state index < -0.39 is 17.4 Å². The SMILES string of the molecule is CC(C)(C)OC(=O)n1c(=O)n(Cc2nc3ccccc3n2CCCC#N)c2ccncc21. The fourth-order valence-corrected chi connectivity index (χ4v) is 3.70. The smallest absolute Gasteiger partial charge is 0.423 e. The van der Waals surface area contributed by atoms with E-state index in [0.717, 1.165) is 15.6 Å². The lowest BCUT2D eigenvalue weighted by Crippen LogP contribution is -2.34. The molecule has 0 aliphatic heterocycles. The molecule has 0 saturated carbocycles. The Balaban J connectivity index is 1.82. The van der Waals surface area contributed by atoms with Crippen LogP contribution in [0.3, 0.4) is 0 Å². The van der Waals surface area contributed by atoms with E-state index in [4.69, 9.17) is 15.0 Å². The molecule has 0 atom stereocenters. The lowest BCUT2D eigenvalue weighted by molar-refractivity contribution is 0.0537. The number of aryl methyl sites for hydroxylation is 1. The van der Waals surface area contributed by atoms with Gasteiger partial charge in [-0.25, -0.2) is 14.6 Å². The Morgan fingerprint density at radius 2 is 1.91 bits per heavy atom. The van der Waals surface area contributed by atoms with E-state index >= 15 is 0 Å². The molecule has 3 heterocycles. The summed E-state index contributed by atoms with van der Waals surface area (Å²) in [6, 6.07) is 11.6. The van der Waals surface area contributed by atoms with E-state index in [1.807, 2.05) is 28.8 Å². The minimum atomic E-state index is -0.748. The first kappa shape index (κ1) is 21.3. The van der Waals surface area contributed by atoms with Gasteiger partial charge in [-0.2, -0.15) is 9.83 Å². The number of fused-ring (bicyclic) bond motifs is 2. The second kappa shape index (κ2) is 8.30. The van der Waals surface area contributed by atoms with Crippen LogP contribution < -0.4 is 5.69 Å². The minimum absolute atomic E-state index is 0.163. The molecule has 9 nitrogen and oxygen atoms in total. The molecule has 0 aliphatic rings. The predicted molar refractivity (Wildman–Crippen MR) is 119 cm³/mol. The van der Waals surface area contributed by atoms with Gasteiger partial charge in [-0.05, 0) is 45.4 Å². The normalized spacial score (nSPS) is 11.7. The zero-order chi connectivity index (χ0) is 22.9. The number of benzene rings is 1. The molecule has 0 N–H and O–H groups in total. The van der Waals surface area contributed by atoms with Crippen LogP contribution in [0.2, 0.25) is 0 Å². The first-order chi connectivity index (χ1) is 15.3. The summed E-state index contributed by atoms with van der Waals surface area (Å²) < 4.78 is 9.98. The van der Waals surface area contributed by atoms with Crippen LogP contribution in [0.1, 0.15) is 39.4 Å². The molecule has 0 amide bonds. The van der Waals surface area contributed by atoms with Gasteiger partial charge in [-0.3, -0.25) is 9.55 Å². The molecule has 0 saturated heterocycles. The van der Waals surface area contributed by atoms with E-state index in [1.54, 1.807) is 33.0 Å². The van der Waals surface area contributed by atoms with Gasteiger partial charge in [-0.1, -0.05) is 12.1 Å². The predicted octanol–water partition coefficient (Wildman–Crippen LogP) is 3.68. The maximum Gasteiger partial charge on any atom is 0.423 e. The Bertz CT molecular complexity index is 1400. The van der Waals surface area contributed by atoms with Crippen molar-refractivity contribution in [2.45, 2.75) is 52.3 Å². The molecule has 0 aliphatic carbocycles. The number of carbonyl (C=O) groups is 1. The number of rotatable bonds is 5. The van der Waals surface area contributed by atoms with Gasteiger partial charge in [0.15, 0.2) is 0 Å². The maximum atomic E-state index is 13.3. The average Bonchev–Trinajstić information content (AvgIpc) is 3.22. The highest BCUT2D eigenvalue weighted by Gasteiger charge is 2.25. The molecule has 0 radical (unpaired) electrons. The Morgan fingerprint density at radius 1 is 1.12 bits per heavy atom. The first-order valence-electron chi connectivity index (χ1n) is 10.4. The first-order valence-corrected chi connectivity index (χ1v) is 10.4. The van der Waals surface area contributed by atoms with E-state index in [9.17, 15) is 9.59 Å². The van der Waals surface area contributed by atoms with Crippen LogP contribution in [0.25, 0.3) is 22.1 Å². The third-order valence-corrected chi connectivity index (χ3v) is 5.01. The Hall–Kier alpha value is -3.93. The van der Waals surface area contributed by atoms with Crippen LogP contribution in [0.15, 0.2) is 47.5 Å². The zero-order valence-electron chi connectivity index (χ0n) is 18.3. The number of para-hydroxylation sites is 2. The van der Waals surface area contributed by atoms with Crippen LogP contribution >= 0.6 is 0 Å². The van der Waals surface area contributed by atoms with Crippen LogP contribution in [0.5, 0.6) is 0 Å². The van der Waals surface area contributed by atoms with Crippen molar-refractivity contribution < 1.29 is 9.53 Å². The second-order valence-corrected chi connectivity index (χ2v) is 8.48. The largest absolute Gasteiger partial charge is 0.443 e. The zero-order valence-corrected chi connectivity index (χ0v) is 18.3. The summed E-state index contributed by atoms with van der Waals surface area (Å²) >= 11 is 0. The topological polar surface area (TPSA) is 108 Å². The molecule has 0 spiro atoms. The number of pyridine rings is 1. The molecule has 0 fully saturated rings. The standard InChI is InChI=1S/C23H24N6O3/c1-23(2,3)32-22(31)29-19-14-25-12-10-18(19)28(21(29)30)15-20-26-16-8-4-5-9-17(16)27(20)13-7-6-11-24/h4-5,8-10,12,14H,6-7,13,15H2,1-3H3. The summed E-state index contributed by atoms with van der Waals surface area (Å²) in [4.78, 5) is 34.9. The van der Waals surface area contributed by atoms with Gasteiger partial charge in [0, 0.05) is 19.2 Å². The third-order valence-electron chi connectivity index (χ3n) is 5.01. The van der Waals surface area contributed by atoms with E-state index in [-0.39, 0.29) is 6.54 Å². The van der Waals surface area contributed by atoms with E-state index in [2.05, 4.69) is 11.1 Å². The van der Waals surface area contributed by atoms with Crippen LogP contribution in [-0.2, 0) is 17.8 Å². The number of ether oxygens (including phenoxy) is 1. The highest BCUT2D eigenvalue weighted by atomic mass is 16.6. The molecular formula is C23H24N6O3. The quantitative estimate of drug-likeness (QED) is 0.445. The van der Waals surface area contributed by atoms with Gasteiger partial charge in [0.1, 0.15) is 11.4 Å². The number of hydrogen-bond donors (Lipinski definition) is 0. The van der Waals surface area contributed by atoms with Crippen molar-refractivity contribution in [1.29, 1.82) is 5.26 Å². The van der Waals surface area contributed by atoms with Crippen molar-refractivity contribution in [1.82, 2.24) is 23.7 Å². The van der Waals surface area contributed by atoms with Gasteiger partial charge in [0.2, 0.25) is 0 Å². The van der Waals surface area contributed by atoms with Crippen molar-refractivity contribution in [3.05, 3.63) is 59.0 Å². The summed E-state index contributed by atoms with van der Waals surface area (Å²) in [7, 11) is 0. The molecule has 4 rings (SSSR count). The van der Waals surface area contributed by atoms with E-state index in [1.165, 1.54) is 10.8 Å². The summed E-state index contributed by atoms with van der Waals surface area (Å²) in [6.45, 7) is 6.01. The summed E-state index contributed by atoms with van der Waals surface area (Å²) in [5.74, 6) is 0.672. The second-order valence-electron chi connectivity index (χ2n) is 8.48. The highest BCUT2D eigenvalue weighted by Crippen LogP contribution is 2.20. The Labute approximate surface area is 184 Å².